The lowest BCUT2D eigenvalue weighted by molar-refractivity contribution is -0.114. The van der Waals surface area contributed by atoms with E-state index in [0.717, 1.165) is 0 Å². The van der Waals surface area contributed by atoms with Gasteiger partial charge in [0.2, 0.25) is 0 Å². The summed E-state index contributed by atoms with van der Waals surface area (Å²) in [5, 5.41) is 9.83. The van der Waals surface area contributed by atoms with E-state index in [0.29, 0.717) is 5.57 Å². The monoisotopic (exact) mass is 268 g/mol. The number of aromatic hydroxyl groups is 1. The maximum Gasteiger partial charge on any atom is 0.175 e. The quantitative estimate of drug-likeness (QED) is 0.846. The Morgan fingerprint density at radius 2 is 1.95 bits per heavy atom. The van der Waals surface area contributed by atoms with Crippen molar-refractivity contribution in [3.05, 3.63) is 53.1 Å². The van der Waals surface area contributed by atoms with E-state index in [-0.39, 0.29) is 34.2 Å². The fraction of sp³-hybridized carbons (Fsp3) is 0.188. The molecule has 1 aromatic rings. The highest BCUT2D eigenvalue weighted by Crippen LogP contribution is 2.40. The molecular formula is C16H12O4. The van der Waals surface area contributed by atoms with E-state index in [1.54, 1.807) is 18.2 Å². The van der Waals surface area contributed by atoms with Crippen LogP contribution in [0.15, 0.2) is 42.0 Å². The normalized spacial score (nSPS) is 23.9. The molecular weight excluding hydrogens is 256 g/mol. The van der Waals surface area contributed by atoms with Crippen LogP contribution in [0.25, 0.3) is 0 Å². The van der Waals surface area contributed by atoms with Gasteiger partial charge in [0.1, 0.15) is 5.75 Å². The maximum atomic E-state index is 12.6. The van der Waals surface area contributed by atoms with Crippen LogP contribution in [0.2, 0.25) is 0 Å². The van der Waals surface area contributed by atoms with Gasteiger partial charge in [0.25, 0.3) is 0 Å². The highest BCUT2D eigenvalue weighted by molar-refractivity contribution is 6.21. The van der Waals surface area contributed by atoms with Crippen molar-refractivity contribution >= 4 is 17.3 Å². The molecule has 0 aliphatic heterocycles. The minimum Gasteiger partial charge on any atom is -0.507 e. The molecule has 2 aliphatic rings. The average molecular weight is 268 g/mol. The van der Waals surface area contributed by atoms with Gasteiger partial charge in [-0.15, -0.1) is 0 Å². The van der Waals surface area contributed by atoms with Gasteiger partial charge in [-0.05, 0) is 13.0 Å². The Hall–Kier alpha value is -2.49. The number of phenols is 1. The van der Waals surface area contributed by atoms with Gasteiger partial charge in [-0.25, -0.2) is 0 Å². The van der Waals surface area contributed by atoms with Crippen LogP contribution in [-0.4, -0.2) is 22.5 Å². The van der Waals surface area contributed by atoms with E-state index in [9.17, 15) is 19.5 Å². The second-order valence-electron chi connectivity index (χ2n) is 4.99. The van der Waals surface area contributed by atoms with Gasteiger partial charge in [-0.1, -0.05) is 30.4 Å². The first-order valence-electron chi connectivity index (χ1n) is 6.32. The van der Waals surface area contributed by atoms with Crippen LogP contribution >= 0.6 is 0 Å². The third-order valence-electron chi connectivity index (χ3n) is 3.83. The summed E-state index contributed by atoms with van der Waals surface area (Å²) in [6.45, 7) is 1.39. The fourth-order valence-corrected chi connectivity index (χ4v) is 2.91. The van der Waals surface area contributed by atoms with E-state index in [1.807, 2.05) is 0 Å². The number of allylic oxidation sites excluding steroid dienone is 4. The molecule has 1 aromatic carbocycles. The molecule has 0 bridgehead atoms. The van der Waals surface area contributed by atoms with Crippen LogP contribution in [-0.2, 0) is 4.79 Å². The van der Waals surface area contributed by atoms with Crippen molar-refractivity contribution in [3.63, 3.8) is 0 Å². The van der Waals surface area contributed by atoms with E-state index in [2.05, 4.69) is 0 Å². The first kappa shape index (κ1) is 12.5. The Morgan fingerprint density at radius 3 is 2.65 bits per heavy atom. The summed E-state index contributed by atoms with van der Waals surface area (Å²) < 4.78 is 0. The summed E-state index contributed by atoms with van der Waals surface area (Å²) in [5.41, 5.74) is 0.608. The van der Waals surface area contributed by atoms with Crippen LogP contribution in [0, 0.1) is 11.8 Å². The number of rotatable bonds is 1. The summed E-state index contributed by atoms with van der Waals surface area (Å²) in [6, 6.07) is 4.43. The van der Waals surface area contributed by atoms with Crippen LogP contribution < -0.4 is 0 Å². The standard InChI is InChI=1S/C16H12O4/c1-8(17)9-4-2-5-10-13(9)15(19)11-6-3-7-12(18)14(11)16(10)20/h2-7,10,13,18H,1H3. The van der Waals surface area contributed by atoms with Crippen molar-refractivity contribution in [1.82, 2.24) is 0 Å². The van der Waals surface area contributed by atoms with Crippen molar-refractivity contribution in [2.75, 3.05) is 0 Å². The van der Waals surface area contributed by atoms with Crippen molar-refractivity contribution in [1.29, 1.82) is 0 Å². The van der Waals surface area contributed by atoms with Gasteiger partial charge in [0.15, 0.2) is 17.3 Å². The summed E-state index contributed by atoms with van der Waals surface area (Å²) in [6.07, 6.45) is 4.82. The Bertz CT molecular complexity index is 709. The molecule has 3 rings (SSSR count). The predicted molar refractivity (Wildman–Crippen MR) is 71.7 cm³/mol. The number of hydrogen-bond donors (Lipinski definition) is 1. The van der Waals surface area contributed by atoms with E-state index < -0.39 is 11.8 Å². The zero-order chi connectivity index (χ0) is 14.4. The highest BCUT2D eigenvalue weighted by atomic mass is 16.3. The van der Waals surface area contributed by atoms with Crippen molar-refractivity contribution in [2.24, 2.45) is 11.8 Å². The van der Waals surface area contributed by atoms with Gasteiger partial charge in [0.05, 0.1) is 17.4 Å². The molecule has 0 aromatic heterocycles. The fourth-order valence-electron chi connectivity index (χ4n) is 2.91. The molecule has 100 valence electrons. The zero-order valence-electron chi connectivity index (χ0n) is 10.8. The topological polar surface area (TPSA) is 71.4 Å². The molecule has 20 heavy (non-hydrogen) atoms. The number of phenolic OH excluding ortho intramolecular Hbond substituents is 1. The number of hydrogen-bond acceptors (Lipinski definition) is 4. The number of Topliss-reactive ketones (excluding diaryl/α,β-unsaturated/α-hetero) is 3. The minimum atomic E-state index is -0.765. The van der Waals surface area contributed by atoms with Gasteiger partial charge in [0, 0.05) is 11.1 Å². The van der Waals surface area contributed by atoms with E-state index in [4.69, 9.17) is 0 Å². The summed E-state index contributed by atoms with van der Waals surface area (Å²) in [4.78, 5) is 36.7. The molecule has 0 radical (unpaired) electrons. The van der Waals surface area contributed by atoms with Crippen molar-refractivity contribution in [3.8, 4) is 5.75 Å². The molecule has 2 aliphatic carbocycles. The second kappa shape index (κ2) is 4.27. The van der Waals surface area contributed by atoms with E-state index in [1.165, 1.54) is 25.1 Å². The molecule has 0 fully saturated rings. The molecule has 4 nitrogen and oxygen atoms in total. The van der Waals surface area contributed by atoms with Crippen molar-refractivity contribution < 1.29 is 19.5 Å². The number of ketones is 3. The summed E-state index contributed by atoms with van der Waals surface area (Å²) >= 11 is 0. The molecule has 4 heteroatoms. The van der Waals surface area contributed by atoms with E-state index >= 15 is 0 Å². The van der Waals surface area contributed by atoms with Crippen LogP contribution in [0.5, 0.6) is 5.75 Å². The lowest BCUT2D eigenvalue weighted by Gasteiger charge is -2.31. The minimum absolute atomic E-state index is 0.0632. The molecule has 0 spiro atoms. The molecule has 1 N–H and O–H groups in total. The van der Waals surface area contributed by atoms with Gasteiger partial charge < -0.3 is 5.11 Å². The lowest BCUT2D eigenvalue weighted by Crippen LogP contribution is -2.39. The first-order chi connectivity index (χ1) is 9.52. The van der Waals surface area contributed by atoms with Crippen LogP contribution in [0.4, 0.5) is 0 Å². The van der Waals surface area contributed by atoms with Crippen LogP contribution in [0.1, 0.15) is 27.6 Å². The largest absolute Gasteiger partial charge is 0.507 e. The molecule has 0 saturated heterocycles. The molecule has 0 amide bonds. The van der Waals surface area contributed by atoms with Gasteiger partial charge in [-0.2, -0.15) is 0 Å². The SMILES string of the molecule is CC(=O)C1=CC=CC2C(=O)c3c(O)cccc3C(=O)C12. The van der Waals surface area contributed by atoms with Gasteiger partial charge >= 0.3 is 0 Å². The molecule has 0 heterocycles. The zero-order valence-corrected chi connectivity index (χ0v) is 10.8. The third kappa shape index (κ3) is 1.58. The summed E-state index contributed by atoms with van der Waals surface area (Å²) in [5.74, 6) is -2.47. The van der Waals surface area contributed by atoms with Gasteiger partial charge in [-0.3, -0.25) is 14.4 Å². The molecule has 2 atom stereocenters. The number of benzene rings is 1. The number of carbonyl (C=O) groups excluding carboxylic acids is 3. The predicted octanol–water partition coefficient (Wildman–Crippen LogP) is 2.09. The second-order valence-corrected chi connectivity index (χ2v) is 4.99. The highest BCUT2D eigenvalue weighted by Gasteiger charge is 2.44. The third-order valence-corrected chi connectivity index (χ3v) is 3.83. The van der Waals surface area contributed by atoms with Crippen LogP contribution in [0.3, 0.4) is 0 Å². The lowest BCUT2D eigenvalue weighted by atomic mass is 9.68. The molecule has 2 unspecified atom stereocenters. The smallest absolute Gasteiger partial charge is 0.175 e. The average Bonchev–Trinajstić information content (AvgIpc) is 2.43. The first-order valence-corrected chi connectivity index (χ1v) is 6.32. The maximum absolute atomic E-state index is 12.6. The number of fused-ring (bicyclic) bond motifs is 2. The Kier molecular flexibility index (Phi) is 2.67. The Morgan fingerprint density at radius 1 is 1.20 bits per heavy atom. The Balaban J connectivity index is 2.23. The summed E-state index contributed by atoms with van der Waals surface area (Å²) in [7, 11) is 0. The Labute approximate surface area is 115 Å². The number of carbonyl (C=O) groups is 3. The molecule has 0 saturated carbocycles. The van der Waals surface area contributed by atoms with Crippen molar-refractivity contribution in [2.45, 2.75) is 6.92 Å².